The van der Waals surface area contributed by atoms with Crippen molar-refractivity contribution in [2.24, 2.45) is 0 Å². The summed E-state index contributed by atoms with van der Waals surface area (Å²) in [4.78, 5) is 22.9. The molecule has 0 saturated carbocycles. The lowest BCUT2D eigenvalue weighted by Crippen LogP contribution is -2.10. The quantitative estimate of drug-likeness (QED) is 0.885. The van der Waals surface area contributed by atoms with Crippen LogP contribution in [0, 0.1) is 0 Å². The van der Waals surface area contributed by atoms with Gasteiger partial charge in [0.15, 0.2) is 0 Å². The number of carboxylic acids is 1. The molecule has 1 amide bonds. The van der Waals surface area contributed by atoms with Crippen LogP contribution < -0.4 is 5.32 Å². The Kier molecular flexibility index (Phi) is 4.76. The van der Waals surface area contributed by atoms with Crippen LogP contribution in [0.3, 0.4) is 0 Å². The highest BCUT2D eigenvalue weighted by atomic mass is 35.5. The fraction of sp³-hybridized carbons (Fsp3) is 0.143. The molecule has 2 rings (SSSR count). The maximum Gasteiger partial charge on any atom is 0.303 e. The maximum absolute atomic E-state index is 11.9. The number of amides is 1. The van der Waals surface area contributed by atoms with E-state index in [0.717, 1.165) is 5.56 Å². The average Bonchev–Trinajstić information content (AvgIpc) is 2.84. The molecule has 2 N–H and O–H groups in total. The molecule has 0 saturated heterocycles. The summed E-state index contributed by atoms with van der Waals surface area (Å²) in [6, 6.07) is 8.77. The summed E-state index contributed by atoms with van der Waals surface area (Å²) in [5, 5.41) is 13.6. The van der Waals surface area contributed by atoms with Crippen molar-refractivity contribution in [2.45, 2.75) is 12.8 Å². The first-order valence-electron chi connectivity index (χ1n) is 5.91. The van der Waals surface area contributed by atoms with E-state index in [0.29, 0.717) is 22.0 Å². The molecule has 1 aromatic heterocycles. The van der Waals surface area contributed by atoms with Crippen LogP contribution in [-0.2, 0) is 11.2 Å². The summed E-state index contributed by atoms with van der Waals surface area (Å²) in [7, 11) is 0. The molecule has 104 valence electrons. The summed E-state index contributed by atoms with van der Waals surface area (Å²) in [6.45, 7) is 0. The largest absolute Gasteiger partial charge is 0.481 e. The molecular weight excluding hydrogens is 298 g/mol. The Morgan fingerprint density at radius 1 is 1.20 bits per heavy atom. The number of aryl methyl sites for hydroxylation is 1. The third kappa shape index (κ3) is 3.82. The van der Waals surface area contributed by atoms with Crippen LogP contribution in [-0.4, -0.2) is 17.0 Å². The van der Waals surface area contributed by atoms with Gasteiger partial charge in [-0.15, -0.1) is 11.3 Å². The number of thiophene rings is 1. The van der Waals surface area contributed by atoms with Crippen LogP contribution in [0.1, 0.15) is 21.7 Å². The van der Waals surface area contributed by atoms with Gasteiger partial charge < -0.3 is 10.4 Å². The second-order valence-corrected chi connectivity index (χ2v) is 5.47. The van der Waals surface area contributed by atoms with Gasteiger partial charge in [-0.2, -0.15) is 0 Å². The zero-order chi connectivity index (χ0) is 14.5. The van der Waals surface area contributed by atoms with E-state index in [4.69, 9.17) is 16.7 Å². The fourth-order valence-electron chi connectivity index (χ4n) is 1.65. The number of carbonyl (C=O) groups is 2. The first-order chi connectivity index (χ1) is 9.56. The second-order valence-electron chi connectivity index (χ2n) is 4.14. The fourth-order valence-corrected chi connectivity index (χ4v) is 2.69. The number of benzene rings is 1. The van der Waals surface area contributed by atoms with E-state index >= 15 is 0 Å². The van der Waals surface area contributed by atoms with Gasteiger partial charge in [-0.3, -0.25) is 9.59 Å². The molecule has 0 aliphatic carbocycles. The zero-order valence-electron chi connectivity index (χ0n) is 10.4. The Hall–Kier alpha value is -1.85. The normalized spacial score (nSPS) is 10.2. The van der Waals surface area contributed by atoms with Crippen LogP contribution in [0.5, 0.6) is 0 Å². The molecule has 2 aromatic rings. The van der Waals surface area contributed by atoms with Crippen molar-refractivity contribution in [1.29, 1.82) is 0 Å². The Balaban J connectivity index is 1.99. The van der Waals surface area contributed by atoms with Gasteiger partial charge in [-0.1, -0.05) is 23.7 Å². The first kappa shape index (κ1) is 14.6. The molecule has 1 aromatic carbocycles. The van der Waals surface area contributed by atoms with E-state index in [2.05, 4.69) is 5.32 Å². The van der Waals surface area contributed by atoms with Crippen LogP contribution in [0.25, 0.3) is 0 Å². The Labute approximate surface area is 125 Å². The Bertz CT molecular complexity index is 622. The lowest BCUT2D eigenvalue weighted by molar-refractivity contribution is -0.136. The van der Waals surface area contributed by atoms with Gasteiger partial charge in [0.25, 0.3) is 5.91 Å². The summed E-state index contributed by atoms with van der Waals surface area (Å²) in [5.74, 6) is -1.07. The molecule has 0 spiro atoms. The molecular formula is C14H12ClNO3S. The number of aliphatic carboxylic acids is 1. The van der Waals surface area contributed by atoms with Gasteiger partial charge >= 0.3 is 5.97 Å². The number of anilines is 1. The molecule has 6 heteroatoms. The molecule has 4 nitrogen and oxygen atoms in total. The van der Waals surface area contributed by atoms with Crippen molar-refractivity contribution in [1.82, 2.24) is 0 Å². The van der Waals surface area contributed by atoms with Crippen molar-refractivity contribution in [2.75, 3.05) is 5.32 Å². The summed E-state index contributed by atoms with van der Waals surface area (Å²) in [6.07, 6.45) is 0.566. The van der Waals surface area contributed by atoms with Crippen molar-refractivity contribution in [3.63, 3.8) is 0 Å². The Morgan fingerprint density at radius 2 is 1.90 bits per heavy atom. The van der Waals surface area contributed by atoms with Gasteiger partial charge in [0.2, 0.25) is 0 Å². The predicted octanol–water partition coefficient (Wildman–Crippen LogP) is 3.67. The molecule has 0 aliphatic heterocycles. The van der Waals surface area contributed by atoms with E-state index < -0.39 is 5.97 Å². The van der Waals surface area contributed by atoms with Crippen molar-refractivity contribution < 1.29 is 14.7 Å². The summed E-state index contributed by atoms with van der Waals surface area (Å²) < 4.78 is 0. The number of carbonyl (C=O) groups excluding carboxylic acids is 1. The second kappa shape index (κ2) is 6.54. The standard InChI is InChI=1S/C14H12ClNO3S/c15-11-7-8-20-13(11)14(19)16-10-4-1-9(2-5-10)3-6-12(17)18/h1-2,4-5,7-8H,3,6H2,(H,16,19)(H,17,18). The first-order valence-corrected chi connectivity index (χ1v) is 7.17. The van der Waals surface area contributed by atoms with E-state index in [1.165, 1.54) is 11.3 Å². The molecule has 20 heavy (non-hydrogen) atoms. The van der Waals surface area contributed by atoms with E-state index in [1.54, 1.807) is 35.7 Å². The summed E-state index contributed by atoms with van der Waals surface area (Å²) >= 11 is 7.17. The zero-order valence-corrected chi connectivity index (χ0v) is 12.0. The van der Waals surface area contributed by atoms with Crippen LogP contribution in [0.15, 0.2) is 35.7 Å². The van der Waals surface area contributed by atoms with Gasteiger partial charge in [-0.25, -0.2) is 0 Å². The third-order valence-electron chi connectivity index (χ3n) is 2.66. The van der Waals surface area contributed by atoms with Crippen LogP contribution >= 0.6 is 22.9 Å². The van der Waals surface area contributed by atoms with Crippen LogP contribution in [0.2, 0.25) is 5.02 Å². The van der Waals surface area contributed by atoms with Gasteiger partial charge in [0, 0.05) is 12.1 Å². The highest BCUT2D eigenvalue weighted by Gasteiger charge is 2.11. The minimum atomic E-state index is -0.824. The minimum absolute atomic E-state index is 0.0938. The molecule has 0 aliphatic rings. The third-order valence-corrected chi connectivity index (χ3v) is 4.00. The van der Waals surface area contributed by atoms with Crippen molar-refractivity contribution >= 4 is 40.5 Å². The molecule has 0 unspecified atom stereocenters. The molecule has 0 atom stereocenters. The summed E-state index contributed by atoms with van der Waals surface area (Å²) in [5.41, 5.74) is 1.57. The lowest BCUT2D eigenvalue weighted by Gasteiger charge is -2.05. The average molecular weight is 310 g/mol. The number of carboxylic acid groups (broad SMARTS) is 1. The highest BCUT2D eigenvalue weighted by molar-refractivity contribution is 7.12. The highest BCUT2D eigenvalue weighted by Crippen LogP contribution is 2.23. The Morgan fingerprint density at radius 3 is 2.45 bits per heavy atom. The molecule has 1 heterocycles. The maximum atomic E-state index is 11.9. The number of hydrogen-bond donors (Lipinski definition) is 2. The van der Waals surface area contributed by atoms with E-state index in [1.807, 2.05) is 0 Å². The SMILES string of the molecule is O=C(O)CCc1ccc(NC(=O)c2sccc2Cl)cc1. The van der Waals surface area contributed by atoms with Crippen LogP contribution in [0.4, 0.5) is 5.69 Å². The number of rotatable bonds is 5. The van der Waals surface area contributed by atoms with Crippen molar-refractivity contribution in [3.8, 4) is 0 Å². The molecule has 0 fully saturated rings. The minimum Gasteiger partial charge on any atom is -0.481 e. The number of halogens is 1. The lowest BCUT2D eigenvalue weighted by atomic mass is 10.1. The molecule has 0 bridgehead atoms. The van der Waals surface area contributed by atoms with Gasteiger partial charge in [0.05, 0.1) is 5.02 Å². The van der Waals surface area contributed by atoms with Crippen molar-refractivity contribution in [3.05, 3.63) is 51.2 Å². The van der Waals surface area contributed by atoms with Gasteiger partial charge in [0.1, 0.15) is 4.88 Å². The smallest absolute Gasteiger partial charge is 0.303 e. The monoisotopic (exact) mass is 309 g/mol. The van der Waals surface area contributed by atoms with E-state index in [9.17, 15) is 9.59 Å². The van der Waals surface area contributed by atoms with Gasteiger partial charge in [-0.05, 0) is 35.6 Å². The number of nitrogens with one attached hydrogen (secondary N) is 1. The van der Waals surface area contributed by atoms with E-state index in [-0.39, 0.29) is 12.3 Å². The molecule has 0 radical (unpaired) electrons. The topological polar surface area (TPSA) is 66.4 Å². The number of hydrogen-bond acceptors (Lipinski definition) is 3. The predicted molar refractivity (Wildman–Crippen MR) is 79.7 cm³/mol.